The molecule has 4 heteroatoms. The maximum Gasteiger partial charge on any atom is 0.220 e. The predicted octanol–water partition coefficient (Wildman–Crippen LogP) is 12.8. The molecule has 0 bridgehead atoms. The van der Waals surface area contributed by atoms with Crippen molar-refractivity contribution >= 4 is 5.91 Å². The number of aliphatic hydroxyl groups is 2. The monoisotopic (exact) mass is 662 g/mol. The van der Waals surface area contributed by atoms with E-state index in [1.54, 1.807) is 6.08 Å². The molecular weight excluding hydrogens is 578 g/mol. The number of amides is 1. The summed E-state index contributed by atoms with van der Waals surface area (Å²) in [5.41, 5.74) is 0. The highest BCUT2D eigenvalue weighted by Gasteiger charge is 2.17. The number of allylic oxidation sites excluding steroid dienone is 3. The zero-order valence-electron chi connectivity index (χ0n) is 31.8. The molecule has 3 N–H and O–H groups in total. The number of rotatable bonds is 38. The minimum atomic E-state index is -0.857. The summed E-state index contributed by atoms with van der Waals surface area (Å²) in [4.78, 5) is 12.3. The quantitative estimate of drug-likeness (QED) is 0.0455. The Morgan fingerprint density at radius 2 is 0.830 bits per heavy atom. The molecule has 0 aliphatic carbocycles. The second kappa shape index (κ2) is 39.3. The molecule has 2 unspecified atom stereocenters. The highest BCUT2D eigenvalue weighted by molar-refractivity contribution is 5.76. The Balaban J connectivity index is 3.60. The molecular formula is C43H83NO3. The third-order valence-corrected chi connectivity index (χ3v) is 9.69. The van der Waals surface area contributed by atoms with Gasteiger partial charge in [-0.05, 0) is 32.1 Å². The van der Waals surface area contributed by atoms with Gasteiger partial charge in [0.15, 0.2) is 0 Å². The van der Waals surface area contributed by atoms with E-state index in [2.05, 4.69) is 31.3 Å². The van der Waals surface area contributed by atoms with E-state index in [0.29, 0.717) is 6.42 Å². The summed E-state index contributed by atoms with van der Waals surface area (Å²) in [5, 5.41) is 23.0. The van der Waals surface area contributed by atoms with Gasteiger partial charge in [-0.2, -0.15) is 0 Å². The number of carbonyl (C=O) groups is 1. The van der Waals surface area contributed by atoms with Crippen LogP contribution in [-0.4, -0.2) is 34.9 Å². The fraction of sp³-hybridized carbons (Fsp3) is 0.884. The highest BCUT2D eigenvalue weighted by atomic mass is 16.3. The first-order valence-electron chi connectivity index (χ1n) is 21.1. The van der Waals surface area contributed by atoms with Gasteiger partial charge in [0.05, 0.1) is 18.8 Å². The zero-order valence-corrected chi connectivity index (χ0v) is 31.8. The Bertz CT molecular complexity index is 676. The topological polar surface area (TPSA) is 69.6 Å². The van der Waals surface area contributed by atoms with Crippen LogP contribution < -0.4 is 5.32 Å². The molecule has 1 amide bonds. The Labute approximate surface area is 294 Å². The van der Waals surface area contributed by atoms with Crippen LogP contribution in [-0.2, 0) is 4.79 Å². The summed E-state index contributed by atoms with van der Waals surface area (Å²) in [7, 11) is 0. The van der Waals surface area contributed by atoms with Gasteiger partial charge in [-0.25, -0.2) is 0 Å². The summed E-state index contributed by atoms with van der Waals surface area (Å²) in [6.07, 6.45) is 49.9. The molecule has 0 aliphatic rings. The average Bonchev–Trinajstić information content (AvgIpc) is 3.07. The lowest BCUT2D eigenvalue weighted by Crippen LogP contribution is -2.45. The van der Waals surface area contributed by atoms with E-state index in [1.807, 2.05) is 6.08 Å². The maximum absolute atomic E-state index is 12.3. The lowest BCUT2D eigenvalue weighted by atomic mass is 10.0. The van der Waals surface area contributed by atoms with Crippen molar-refractivity contribution in [2.45, 2.75) is 238 Å². The maximum atomic E-state index is 12.3. The molecule has 0 aromatic rings. The lowest BCUT2D eigenvalue weighted by molar-refractivity contribution is -0.123. The molecule has 0 radical (unpaired) electrons. The normalized spacial score (nSPS) is 13.2. The molecule has 2 atom stereocenters. The fourth-order valence-corrected chi connectivity index (χ4v) is 6.43. The third kappa shape index (κ3) is 36.0. The highest BCUT2D eigenvalue weighted by Crippen LogP contribution is 2.15. The number of aliphatic hydroxyl groups excluding tert-OH is 2. The Hall–Kier alpha value is -1.13. The van der Waals surface area contributed by atoms with E-state index in [-0.39, 0.29) is 12.5 Å². The number of nitrogens with one attached hydrogen (secondary N) is 1. The van der Waals surface area contributed by atoms with Gasteiger partial charge in [0, 0.05) is 6.42 Å². The summed E-state index contributed by atoms with van der Waals surface area (Å²) in [6.45, 7) is 4.31. The van der Waals surface area contributed by atoms with Crippen LogP contribution in [0.5, 0.6) is 0 Å². The van der Waals surface area contributed by atoms with Crippen LogP contribution in [0.1, 0.15) is 226 Å². The molecule has 0 aliphatic heterocycles. The fourth-order valence-electron chi connectivity index (χ4n) is 6.43. The van der Waals surface area contributed by atoms with Crippen molar-refractivity contribution in [1.82, 2.24) is 5.32 Å². The largest absolute Gasteiger partial charge is 0.394 e. The molecule has 0 heterocycles. The van der Waals surface area contributed by atoms with E-state index in [9.17, 15) is 15.0 Å². The van der Waals surface area contributed by atoms with Crippen molar-refractivity contribution in [3.63, 3.8) is 0 Å². The van der Waals surface area contributed by atoms with Crippen LogP contribution in [0, 0.1) is 0 Å². The molecule has 0 saturated carbocycles. The van der Waals surface area contributed by atoms with E-state index >= 15 is 0 Å². The number of hydrogen-bond donors (Lipinski definition) is 3. The van der Waals surface area contributed by atoms with Crippen molar-refractivity contribution in [2.75, 3.05) is 6.61 Å². The molecule has 0 saturated heterocycles. The molecule has 0 aromatic heterocycles. The van der Waals surface area contributed by atoms with Crippen LogP contribution in [0.25, 0.3) is 0 Å². The molecule has 47 heavy (non-hydrogen) atoms. The van der Waals surface area contributed by atoms with Crippen molar-refractivity contribution < 1.29 is 15.0 Å². The molecule has 0 spiro atoms. The summed E-state index contributed by atoms with van der Waals surface area (Å²) in [5.74, 6) is -0.0716. The van der Waals surface area contributed by atoms with Gasteiger partial charge in [-0.1, -0.05) is 212 Å². The van der Waals surface area contributed by atoms with E-state index in [0.717, 1.165) is 32.1 Å². The average molecular weight is 662 g/mol. The SMILES string of the molecule is CCCCCCCCCCCCCCCC/C=C/CC/C=C/C(O)C(CO)NC(=O)CCCCCCCCCCCCCCCCC. The van der Waals surface area contributed by atoms with E-state index < -0.39 is 12.1 Å². The Morgan fingerprint density at radius 1 is 0.489 bits per heavy atom. The Morgan fingerprint density at radius 3 is 1.23 bits per heavy atom. The molecule has 0 fully saturated rings. The van der Waals surface area contributed by atoms with Crippen LogP contribution >= 0.6 is 0 Å². The molecule has 0 aromatic carbocycles. The van der Waals surface area contributed by atoms with Crippen LogP contribution in [0.2, 0.25) is 0 Å². The minimum Gasteiger partial charge on any atom is -0.394 e. The molecule has 0 rings (SSSR count). The van der Waals surface area contributed by atoms with E-state index in [1.165, 1.54) is 173 Å². The minimum absolute atomic E-state index is 0.0716. The van der Waals surface area contributed by atoms with Crippen LogP contribution in [0.4, 0.5) is 0 Å². The van der Waals surface area contributed by atoms with Gasteiger partial charge in [-0.3, -0.25) is 4.79 Å². The van der Waals surface area contributed by atoms with Gasteiger partial charge < -0.3 is 15.5 Å². The molecule has 4 nitrogen and oxygen atoms in total. The number of carbonyl (C=O) groups excluding carboxylic acids is 1. The van der Waals surface area contributed by atoms with Crippen LogP contribution in [0.15, 0.2) is 24.3 Å². The Kier molecular flexibility index (Phi) is 38.4. The first-order valence-corrected chi connectivity index (χ1v) is 21.1. The number of unbranched alkanes of at least 4 members (excludes halogenated alkanes) is 29. The van der Waals surface area contributed by atoms with Gasteiger partial charge in [0.1, 0.15) is 0 Å². The van der Waals surface area contributed by atoms with Gasteiger partial charge >= 0.3 is 0 Å². The van der Waals surface area contributed by atoms with Crippen LogP contribution in [0.3, 0.4) is 0 Å². The van der Waals surface area contributed by atoms with Gasteiger partial charge in [0.25, 0.3) is 0 Å². The zero-order chi connectivity index (χ0) is 34.3. The standard InChI is InChI=1S/C43H83NO3/c1-3-5-7-9-11-13-15-17-19-20-21-22-23-25-26-28-30-32-34-36-38-42(46)41(40-45)44-43(47)39-37-35-33-31-29-27-24-18-16-14-12-10-8-6-4-2/h28,30,36,38,41-42,45-46H,3-27,29,31-35,37,39-40H2,1-2H3,(H,44,47)/b30-28+,38-36+. The van der Waals surface area contributed by atoms with Crippen molar-refractivity contribution in [3.05, 3.63) is 24.3 Å². The first-order chi connectivity index (χ1) is 23.2. The van der Waals surface area contributed by atoms with Crippen molar-refractivity contribution in [2.24, 2.45) is 0 Å². The summed E-state index contributed by atoms with van der Waals surface area (Å²) < 4.78 is 0. The summed E-state index contributed by atoms with van der Waals surface area (Å²) >= 11 is 0. The smallest absolute Gasteiger partial charge is 0.220 e. The molecule has 278 valence electrons. The predicted molar refractivity (Wildman–Crippen MR) is 207 cm³/mol. The van der Waals surface area contributed by atoms with Crippen molar-refractivity contribution in [3.8, 4) is 0 Å². The van der Waals surface area contributed by atoms with Gasteiger partial charge in [-0.15, -0.1) is 0 Å². The summed E-state index contributed by atoms with van der Waals surface area (Å²) in [6, 6.07) is -0.633. The third-order valence-electron chi connectivity index (χ3n) is 9.69. The lowest BCUT2D eigenvalue weighted by Gasteiger charge is -2.19. The first kappa shape index (κ1) is 45.9. The van der Waals surface area contributed by atoms with Crippen molar-refractivity contribution in [1.29, 1.82) is 0 Å². The second-order valence-corrected chi connectivity index (χ2v) is 14.4. The second-order valence-electron chi connectivity index (χ2n) is 14.4. The number of hydrogen-bond acceptors (Lipinski definition) is 3. The van der Waals surface area contributed by atoms with Gasteiger partial charge in [0.2, 0.25) is 5.91 Å². The van der Waals surface area contributed by atoms with E-state index in [4.69, 9.17) is 0 Å².